The normalized spacial score (nSPS) is 34.1. The van der Waals surface area contributed by atoms with E-state index in [1.807, 2.05) is 11.8 Å². The molecule has 1 saturated heterocycles. The van der Waals surface area contributed by atoms with Crippen LogP contribution < -0.4 is 5.32 Å². The second kappa shape index (κ2) is 4.72. The van der Waals surface area contributed by atoms with Crippen molar-refractivity contribution in [3.05, 3.63) is 0 Å². The first-order chi connectivity index (χ1) is 9.72. The van der Waals surface area contributed by atoms with Crippen molar-refractivity contribution in [1.82, 2.24) is 10.2 Å². The molecule has 4 heteroatoms. The minimum absolute atomic E-state index is 0.0837. The Labute approximate surface area is 127 Å². The van der Waals surface area contributed by atoms with Gasteiger partial charge in [0.05, 0.1) is 0 Å². The van der Waals surface area contributed by atoms with Gasteiger partial charge in [-0.05, 0) is 56.3 Å². The molecule has 2 amide bonds. The number of nitrogens with zero attached hydrogens (tertiary/aromatic N) is 1. The molecule has 2 aliphatic carbocycles. The highest BCUT2D eigenvalue weighted by Gasteiger charge is 2.57. The number of hydrogen-bond acceptors (Lipinski definition) is 2. The molecule has 3 rings (SSSR count). The Hall–Kier alpha value is -1.06. The number of amides is 2. The number of piperazine rings is 1. The van der Waals surface area contributed by atoms with Gasteiger partial charge >= 0.3 is 0 Å². The molecule has 0 aromatic carbocycles. The molecule has 2 unspecified atom stereocenters. The van der Waals surface area contributed by atoms with E-state index < -0.39 is 5.54 Å². The Balaban J connectivity index is 1.82. The van der Waals surface area contributed by atoms with Gasteiger partial charge in [0.2, 0.25) is 11.8 Å². The van der Waals surface area contributed by atoms with Gasteiger partial charge in [0.25, 0.3) is 0 Å². The first-order valence-electron chi connectivity index (χ1n) is 8.35. The third kappa shape index (κ3) is 2.82. The topological polar surface area (TPSA) is 49.4 Å². The second-order valence-corrected chi connectivity index (χ2v) is 8.56. The summed E-state index contributed by atoms with van der Waals surface area (Å²) in [6.45, 7) is 9.20. The monoisotopic (exact) mass is 292 g/mol. The third-order valence-corrected chi connectivity index (χ3v) is 5.26. The maximum absolute atomic E-state index is 13.0. The molecule has 118 valence electrons. The van der Waals surface area contributed by atoms with Crippen LogP contribution in [0.25, 0.3) is 0 Å². The van der Waals surface area contributed by atoms with Gasteiger partial charge in [-0.2, -0.15) is 0 Å². The zero-order valence-electron chi connectivity index (χ0n) is 13.7. The SMILES string of the molecule is CC(C)(C)CCN1C(=O)C(C)(C2CC2)NC(=O)C1C1CC1. The molecule has 0 radical (unpaired) electrons. The Morgan fingerprint density at radius 3 is 2.29 bits per heavy atom. The van der Waals surface area contributed by atoms with Crippen LogP contribution in [0.15, 0.2) is 0 Å². The fraction of sp³-hybridized carbons (Fsp3) is 0.882. The number of rotatable bonds is 4. The van der Waals surface area contributed by atoms with Crippen molar-refractivity contribution in [2.45, 2.75) is 71.4 Å². The molecule has 0 bridgehead atoms. The van der Waals surface area contributed by atoms with Crippen LogP contribution in [-0.4, -0.2) is 34.8 Å². The average molecular weight is 292 g/mol. The van der Waals surface area contributed by atoms with Crippen molar-refractivity contribution in [3.8, 4) is 0 Å². The largest absolute Gasteiger partial charge is 0.340 e. The van der Waals surface area contributed by atoms with Gasteiger partial charge in [-0.3, -0.25) is 9.59 Å². The van der Waals surface area contributed by atoms with Crippen molar-refractivity contribution in [1.29, 1.82) is 0 Å². The van der Waals surface area contributed by atoms with Crippen molar-refractivity contribution in [3.63, 3.8) is 0 Å². The number of carbonyl (C=O) groups excluding carboxylic acids is 2. The maximum atomic E-state index is 13.0. The highest BCUT2D eigenvalue weighted by Crippen LogP contribution is 2.45. The molecule has 2 atom stereocenters. The number of nitrogens with one attached hydrogen (secondary N) is 1. The Bertz CT molecular complexity index is 460. The van der Waals surface area contributed by atoms with Crippen LogP contribution in [0.2, 0.25) is 0 Å². The van der Waals surface area contributed by atoms with Crippen LogP contribution in [0.4, 0.5) is 0 Å². The van der Waals surface area contributed by atoms with E-state index in [2.05, 4.69) is 26.1 Å². The summed E-state index contributed by atoms with van der Waals surface area (Å²) in [6, 6.07) is -0.216. The summed E-state index contributed by atoms with van der Waals surface area (Å²) < 4.78 is 0. The summed E-state index contributed by atoms with van der Waals surface area (Å²) >= 11 is 0. The van der Waals surface area contributed by atoms with Crippen LogP contribution in [0, 0.1) is 17.3 Å². The zero-order valence-corrected chi connectivity index (χ0v) is 13.7. The van der Waals surface area contributed by atoms with Gasteiger partial charge in [-0.25, -0.2) is 0 Å². The molecule has 1 aliphatic heterocycles. The van der Waals surface area contributed by atoms with Gasteiger partial charge < -0.3 is 10.2 Å². The fourth-order valence-corrected chi connectivity index (χ4v) is 3.46. The summed E-state index contributed by atoms with van der Waals surface area (Å²) in [7, 11) is 0. The van der Waals surface area contributed by atoms with Crippen LogP contribution >= 0.6 is 0 Å². The van der Waals surface area contributed by atoms with Gasteiger partial charge in [-0.15, -0.1) is 0 Å². The molecular weight excluding hydrogens is 264 g/mol. The van der Waals surface area contributed by atoms with E-state index in [4.69, 9.17) is 0 Å². The van der Waals surface area contributed by atoms with E-state index in [-0.39, 0.29) is 23.3 Å². The molecule has 0 spiro atoms. The standard InChI is InChI=1S/C17H28N2O2/c1-16(2,3)9-10-19-13(11-5-6-11)14(20)18-17(4,15(19)21)12-7-8-12/h11-13H,5-10H2,1-4H3,(H,18,20). The van der Waals surface area contributed by atoms with Crippen LogP contribution in [0.3, 0.4) is 0 Å². The van der Waals surface area contributed by atoms with Crippen molar-refractivity contribution in [2.24, 2.45) is 17.3 Å². The minimum Gasteiger partial charge on any atom is -0.340 e. The molecule has 3 fully saturated rings. The molecular formula is C17H28N2O2. The van der Waals surface area contributed by atoms with Crippen molar-refractivity contribution < 1.29 is 9.59 Å². The summed E-state index contributed by atoms with van der Waals surface area (Å²) in [5, 5.41) is 3.07. The Morgan fingerprint density at radius 1 is 1.19 bits per heavy atom. The maximum Gasteiger partial charge on any atom is 0.249 e. The molecule has 4 nitrogen and oxygen atoms in total. The molecule has 1 heterocycles. The first kappa shape index (κ1) is 14.9. The van der Waals surface area contributed by atoms with Crippen LogP contribution in [0.1, 0.15) is 59.8 Å². The lowest BCUT2D eigenvalue weighted by Gasteiger charge is -2.45. The smallest absolute Gasteiger partial charge is 0.249 e. The summed E-state index contributed by atoms with van der Waals surface area (Å²) in [5.41, 5.74) is -0.474. The molecule has 3 aliphatic rings. The Morgan fingerprint density at radius 2 is 1.81 bits per heavy atom. The first-order valence-corrected chi connectivity index (χ1v) is 8.35. The van der Waals surface area contributed by atoms with E-state index >= 15 is 0 Å². The van der Waals surface area contributed by atoms with Gasteiger partial charge in [-0.1, -0.05) is 20.8 Å². The van der Waals surface area contributed by atoms with Crippen molar-refractivity contribution in [2.75, 3.05) is 6.54 Å². The van der Waals surface area contributed by atoms with Gasteiger partial charge in [0.1, 0.15) is 11.6 Å². The summed E-state index contributed by atoms with van der Waals surface area (Å²) in [5.74, 6) is 0.968. The van der Waals surface area contributed by atoms with E-state index in [0.717, 1.165) is 32.1 Å². The summed E-state index contributed by atoms with van der Waals surface area (Å²) in [6.07, 6.45) is 5.22. The van der Waals surface area contributed by atoms with Gasteiger partial charge in [0, 0.05) is 6.54 Å². The predicted octanol–water partition coefficient (Wildman–Crippen LogP) is 2.33. The lowest BCUT2D eigenvalue weighted by atomic mass is 9.86. The highest BCUT2D eigenvalue weighted by atomic mass is 16.2. The van der Waals surface area contributed by atoms with E-state index in [0.29, 0.717) is 18.4 Å². The van der Waals surface area contributed by atoms with E-state index in [1.165, 1.54) is 0 Å². The highest BCUT2D eigenvalue weighted by molar-refractivity contribution is 6.00. The molecule has 2 saturated carbocycles. The molecule has 0 aromatic rings. The average Bonchev–Trinajstić information content (AvgIpc) is 3.23. The lowest BCUT2D eigenvalue weighted by Crippen LogP contribution is -2.70. The number of carbonyl (C=O) groups is 2. The van der Waals surface area contributed by atoms with Crippen molar-refractivity contribution >= 4 is 11.8 Å². The minimum atomic E-state index is -0.652. The predicted molar refractivity (Wildman–Crippen MR) is 81.6 cm³/mol. The molecule has 1 N–H and O–H groups in total. The Kier molecular flexibility index (Phi) is 3.34. The fourth-order valence-electron chi connectivity index (χ4n) is 3.46. The molecule has 0 aromatic heterocycles. The third-order valence-electron chi connectivity index (χ3n) is 5.26. The lowest BCUT2D eigenvalue weighted by molar-refractivity contribution is -0.156. The van der Waals surface area contributed by atoms with Gasteiger partial charge in [0.15, 0.2) is 0 Å². The second-order valence-electron chi connectivity index (χ2n) is 8.56. The van der Waals surface area contributed by atoms with E-state index in [9.17, 15) is 9.59 Å². The van der Waals surface area contributed by atoms with Crippen LogP contribution in [-0.2, 0) is 9.59 Å². The quantitative estimate of drug-likeness (QED) is 0.864. The zero-order chi connectivity index (χ0) is 15.4. The number of hydrogen-bond donors (Lipinski definition) is 1. The molecule has 21 heavy (non-hydrogen) atoms. The van der Waals surface area contributed by atoms with Crippen LogP contribution in [0.5, 0.6) is 0 Å². The van der Waals surface area contributed by atoms with E-state index in [1.54, 1.807) is 0 Å². The summed E-state index contributed by atoms with van der Waals surface area (Å²) in [4.78, 5) is 27.6.